The molecule has 7 nitrogen and oxygen atoms in total. The molecule has 0 unspecified atom stereocenters. The molecule has 1 saturated heterocycles. The minimum atomic E-state index is -1.67. The van der Waals surface area contributed by atoms with E-state index in [1.165, 1.54) is 4.90 Å². The van der Waals surface area contributed by atoms with Gasteiger partial charge in [-0.05, 0) is 25.7 Å². The maximum absolute atomic E-state index is 12.6. The van der Waals surface area contributed by atoms with Gasteiger partial charge in [0.05, 0.1) is 0 Å². The van der Waals surface area contributed by atoms with Crippen LogP contribution in [0.25, 0.3) is 0 Å². The van der Waals surface area contributed by atoms with Crippen LogP contribution in [0.15, 0.2) is 0 Å². The Hall–Kier alpha value is -1.66. The number of nitrogens with zero attached hydrogens (tertiary/aromatic N) is 2. The van der Waals surface area contributed by atoms with Crippen molar-refractivity contribution in [3.05, 3.63) is 10.1 Å². The zero-order valence-corrected chi connectivity index (χ0v) is 12.0. The van der Waals surface area contributed by atoms with E-state index < -0.39 is 28.4 Å². The molecule has 1 amide bonds. The van der Waals surface area contributed by atoms with Crippen molar-refractivity contribution in [2.45, 2.75) is 64.0 Å². The van der Waals surface area contributed by atoms with E-state index in [1.54, 1.807) is 13.8 Å². The van der Waals surface area contributed by atoms with Crippen molar-refractivity contribution in [1.82, 2.24) is 4.90 Å². The summed E-state index contributed by atoms with van der Waals surface area (Å²) in [6.07, 6.45) is 2.27. The Morgan fingerprint density at radius 3 is 2.30 bits per heavy atom. The van der Waals surface area contributed by atoms with E-state index in [4.69, 9.17) is 5.11 Å². The number of carboxylic acid groups (broad SMARTS) is 1. The SMILES string of the molecule is CCCC(CCC)(C(=O)N1CCC[C@H]1C(=O)O)[N+](=O)[O-]. The van der Waals surface area contributed by atoms with Gasteiger partial charge in [-0.2, -0.15) is 0 Å². The third kappa shape index (κ3) is 2.91. The van der Waals surface area contributed by atoms with Gasteiger partial charge in [0.25, 0.3) is 5.54 Å². The molecule has 0 aromatic rings. The van der Waals surface area contributed by atoms with Crippen molar-refractivity contribution in [3.63, 3.8) is 0 Å². The summed E-state index contributed by atoms with van der Waals surface area (Å²) in [6.45, 7) is 3.87. The minimum Gasteiger partial charge on any atom is -0.480 e. The van der Waals surface area contributed by atoms with E-state index in [-0.39, 0.29) is 12.8 Å². The first-order chi connectivity index (χ1) is 9.40. The molecule has 0 bridgehead atoms. The molecule has 114 valence electrons. The van der Waals surface area contributed by atoms with Crippen LogP contribution < -0.4 is 0 Å². The summed E-state index contributed by atoms with van der Waals surface area (Å²) >= 11 is 0. The van der Waals surface area contributed by atoms with E-state index in [9.17, 15) is 19.7 Å². The molecule has 0 saturated carbocycles. The van der Waals surface area contributed by atoms with Gasteiger partial charge in [0.2, 0.25) is 0 Å². The van der Waals surface area contributed by atoms with E-state index in [0.717, 1.165) is 0 Å². The molecule has 1 heterocycles. The molecule has 7 heteroatoms. The van der Waals surface area contributed by atoms with Crippen molar-refractivity contribution in [1.29, 1.82) is 0 Å². The predicted molar refractivity (Wildman–Crippen MR) is 71.9 cm³/mol. The van der Waals surface area contributed by atoms with Crippen LogP contribution >= 0.6 is 0 Å². The fourth-order valence-electron chi connectivity index (χ4n) is 2.96. The highest BCUT2D eigenvalue weighted by molar-refractivity contribution is 5.89. The largest absolute Gasteiger partial charge is 0.480 e. The van der Waals surface area contributed by atoms with Gasteiger partial charge >= 0.3 is 11.9 Å². The highest BCUT2D eigenvalue weighted by Crippen LogP contribution is 2.30. The van der Waals surface area contributed by atoms with Gasteiger partial charge in [0.1, 0.15) is 6.04 Å². The number of likely N-dealkylation sites (tertiary alicyclic amines) is 1. The number of amides is 1. The summed E-state index contributed by atoms with van der Waals surface area (Å²) in [5, 5.41) is 20.6. The van der Waals surface area contributed by atoms with Crippen LogP contribution in [0.4, 0.5) is 0 Å². The van der Waals surface area contributed by atoms with Crippen molar-refractivity contribution in [3.8, 4) is 0 Å². The lowest BCUT2D eigenvalue weighted by atomic mass is 9.87. The van der Waals surface area contributed by atoms with Gasteiger partial charge in [-0.3, -0.25) is 14.9 Å². The second-order valence-electron chi connectivity index (χ2n) is 5.28. The second kappa shape index (κ2) is 6.67. The summed E-state index contributed by atoms with van der Waals surface area (Å²) in [6, 6.07) is -0.921. The molecular formula is C13H22N2O5. The first-order valence-corrected chi connectivity index (χ1v) is 7.09. The molecule has 1 aliphatic rings. The Labute approximate surface area is 118 Å². The number of nitro groups is 1. The zero-order valence-electron chi connectivity index (χ0n) is 12.0. The van der Waals surface area contributed by atoms with Gasteiger partial charge in [0, 0.05) is 24.3 Å². The molecule has 20 heavy (non-hydrogen) atoms. The second-order valence-corrected chi connectivity index (χ2v) is 5.28. The topological polar surface area (TPSA) is 101 Å². The van der Waals surface area contributed by atoms with Crippen LogP contribution in [0, 0.1) is 10.1 Å². The van der Waals surface area contributed by atoms with Gasteiger partial charge in [-0.15, -0.1) is 0 Å². The monoisotopic (exact) mass is 286 g/mol. The average molecular weight is 286 g/mol. The van der Waals surface area contributed by atoms with Crippen LogP contribution in [0.5, 0.6) is 0 Å². The van der Waals surface area contributed by atoms with Gasteiger partial charge in [0.15, 0.2) is 0 Å². The number of carboxylic acids is 1. The smallest absolute Gasteiger partial charge is 0.326 e. The Kier molecular flexibility index (Phi) is 5.47. The van der Waals surface area contributed by atoms with Crippen molar-refractivity contribution in [2.75, 3.05) is 6.54 Å². The van der Waals surface area contributed by atoms with Gasteiger partial charge in [-0.1, -0.05) is 13.8 Å². The third-order valence-electron chi connectivity index (χ3n) is 3.87. The number of carbonyl (C=O) groups is 2. The Bertz CT molecular complexity index is 390. The fraction of sp³-hybridized carbons (Fsp3) is 0.846. The molecule has 0 aromatic heterocycles. The summed E-state index contributed by atoms with van der Waals surface area (Å²) in [5.74, 6) is -1.71. The van der Waals surface area contributed by atoms with E-state index in [1.807, 2.05) is 0 Å². The molecule has 0 aliphatic carbocycles. The fourth-order valence-corrected chi connectivity index (χ4v) is 2.96. The number of aliphatic carboxylic acids is 1. The highest BCUT2D eigenvalue weighted by atomic mass is 16.6. The molecular weight excluding hydrogens is 264 g/mol. The lowest BCUT2D eigenvalue weighted by Crippen LogP contribution is -2.56. The molecule has 0 radical (unpaired) electrons. The molecule has 0 aromatic carbocycles. The molecule has 1 rings (SSSR count). The molecule has 1 aliphatic heterocycles. The summed E-state index contributed by atoms with van der Waals surface area (Å²) in [7, 11) is 0. The number of carbonyl (C=O) groups excluding carboxylic acids is 1. The summed E-state index contributed by atoms with van der Waals surface area (Å²) in [4.78, 5) is 36.0. The normalized spacial score (nSPS) is 19.1. The van der Waals surface area contributed by atoms with Crippen LogP contribution in [-0.4, -0.2) is 44.9 Å². The molecule has 1 atom stereocenters. The van der Waals surface area contributed by atoms with E-state index in [0.29, 0.717) is 32.2 Å². The maximum Gasteiger partial charge on any atom is 0.326 e. The predicted octanol–water partition coefficient (Wildman–Crippen LogP) is 1.68. The Morgan fingerprint density at radius 2 is 1.90 bits per heavy atom. The quantitative estimate of drug-likeness (QED) is 0.566. The lowest BCUT2D eigenvalue weighted by Gasteiger charge is -2.30. The molecule has 1 fully saturated rings. The van der Waals surface area contributed by atoms with Gasteiger partial charge < -0.3 is 10.0 Å². The average Bonchev–Trinajstić information content (AvgIpc) is 2.86. The zero-order chi connectivity index (χ0) is 15.3. The Balaban J connectivity index is 3.09. The van der Waals surface area contributed by atoms with Crippen molar-refractivity contribution in [2.24, 2.45) is 0 Å². The highest BCUT2D eigenvalue weighted by Gasteiger charge is 2.53. The van der Waals surface area contributed by atoms with Crippen molar-refractivity contribution < 1.29 is 19.6 Å². The number of rotatable bonds is 7. The van der Waals surface area contributed by atoms with Gasteiger partial charge in [-0.25, -0.2) is 4.79 Å². The standard InChI is InChI=1S/C13H22N2O5/c1-3-7-13(8-4-2,15(19)20)12(18)14-9-5-6-10(14)11(16)17/h10H,3-9H2,1-2H3,(H,16,17)/t10-/m0/s1. The first-order valence-electron chi connectivity index (χ1n) is 7.09. The third-order valence-corrected chi connectivity index (χ3v) is 3.87. The van der Waals surface area contributed by atoms with Crippen LogP contribution in [0.2, 0.25) is 0 Å². The van der Waals surface area contributed by atoms with E-state index in [2.05, 4.69) is 0 Å². The number of hydrogen-bond acceptors (Lipinski definition) is 4. The maximum atomic E-state index is 12.6. The summed E-state index contributed by atoms with van der Waals surface area (Å²) in [5.41, 5.74) is -1.67. The van der Waals surface area contributed by atoms with Crippen LogP contribution in [0.1, 0.15) is 52.4 Å². The van der Waals surface area contributed by atoms with Crippen molar-refractivity contribution >= 4 is 11.9 Å². The lowest BCUT2D eigenvalue weighted by molar-refractivity contribution is -0.556. The Morgan fingerprint density at radius 1 is 1.35 bits per heavy atom. The number of hydrogen-bond donors (Lipinski definition) is 1. The minimum absolute atomic E-state index is 0.148. The summed E-state index contributed by atoms with van der Waals surface area (Å²) < 4.78 is 0. The van der Waals surface area contributed by atoms with Crippen LogP contribution in [-0.2, 0) is 9.59 Å². The molecule has 0 spiro atoms. The van der Waals surface area contributed by atoms with Crippen LogP contribution in [0.3, 0.4) is 0 Å². The van der Waals surface area contributed by atoms with E-state index >= 15 is 0 Å². The molecule has 1 N–H and O–H groups in total. The first kappa shape index (κ1) is 16.4.